The standard InChI is InChI=1S/C12H16BrNO/c13-12-2-1-10(11(6-12)8-15)5-9-3-4-14-7-9/h1-2,6,9,14-15H,3-5,7-8H2. The summed E-state index contributed by atoms with van der Waals surface area (Å²) in [6, 6.07) is 6.18. The average Bonchev–Trinajstić information content (AvgIpc) is 2.73. The van der Waals surface area contributed by atoms with E-state index in [1.165, 1.54) is 12.0 Å². The molecule has 1 aromatic rings. The molecule has 2 rings (SSSR count). The van der Waals surface area contributed by atoms with Gasteiger partial charge >= 0.3 is 0 Å². The molecular weight excluding hydrogens is 254 g/mol. The van der Waals surface area contributed by atoms with Gasteiger partial charge in [-0.1, -0.05) is 22.0 Å². The molecule has 1 saturated heterocycles. The van der Waals surface area contributed by atoms with Crippen LogP contribution < -0.4 is 5.32 Å². The lowest BCUT2D eigenvalue weighted by atomic mass is 9.95. The quantitative estimate of drug-likeness (QED) is 0.881. The van der Waals surface area contributed by atoms with Crippen LogP contribution in [0.3, 0.4) is 0 Å². The molecule has 0 bridgehead atoms. The summed E-state index contributed by atoms with van der Waals surface area (Å²) in [5, 5.41) is 12.7. The van der Waals surface area contributed by atoms with Crippen LogP contribution in [0.4, 0.5) is 0 Å². The number of nitrogens with one attached hydrogen (secondary N) is 1. The molecule has 2 N–H and O–H groups in total. The fourth-order valence-corrected chi connectivity index (χ4v) is 2.55. The van der Waals surface area contributed by atoms with Gasteiger partial charge in [-0.2, -0.15) is 0 Å². The zero-order chi connectivity index (χ0) is 10.7. The van der Waals surface area contributed by atoms with E-state index in [4.69, 9.17) is 0 Å². The second-order valence-electron chi connectivity index (χ2n) is 4.13. The first-order valence-electron chi connectivity index (χ1n) is 5.38. The largest absolute Gasteiger partial charge is 0.392 e. The Hall–Kier alpha value is -0.380. The molecule has 1 unspecified atom stereocenters. The van der Waals surface area contributed by atoms with E-state index < -0.39 is 0 Å². The van der Waals surface area contributed by atoms with Crippen LogP contribution in [-0.4, -0.2) is 18.2 Å². The molecule has 1 aliphatic rings. The van der Waals surface area contributed by atoms with Crippen molar-refractivity contribution in [2.24, 2.45) is 5.92 Å². The number of rotatable bonds is 3. The summed E-state index contributed by atoms with van der Waals surface area (Å²) in [7, 11) is 0. The lowest BCUT2D eigenvalue weighted by Crippen LogP contribution is -2.11. The highest BCUT2D eigenvalue weighted by atomic mass is 79.9. The molecule has 1 atom stereocenters. The van der Waals surface area contributed by atoms with E-state index in [1.54, 1.807) is 0 Å². The van der Waals surface area contributed by atoms with Crippen molar-refractivity contribution >= 4 is 15.9 Å². The fourth-order valence-electron chi connectivity index (χ4n) is 2.14. The minimum absolute atomic E-state index is 0.134. The number of benzene rings is 1. The van der Waals surface area contributed by atoms with Gasteiger partial charge < -0.3 is 10.4 Å². The second-order valence-corrected chi connectivity index (χ2v) is 5.05. The van der Waals surface area contributed by atoms with Gasteiger partial charge in [-0.15, -0.1) is 0 Å². The molecule has 0 radical (unpaired) electrons. The highest BCUT2D eigenvalue weighted by Crippen LogP contribution is 2.21. The van der Waals surface area contributed by atoms with E-state index >= 15 is 0 Å². The first-order valence-corrected chi connectivity index (χ1v) is 6.18. The van der Waals surface area contributed by atoms with Gasteiger partial charge in [0.25, 0.3) is 0 Å². The Morgan fingerprint density at radius 1 is 1.40 bits per heavy atom. The topological polar surface area (TPSA) is 32.3 Å². The Bertz CT molecular complexity index is 334. The van der Waals surface area contributed by atoms with Crippen molar-refractivity contribution < 1.29 is 5.11 Å². The molecule has 0 aromatic heterocycles. The molecule has 0 saturated carbocycles. The molecule has 1 aromatic carbocycles. The molecular formula is C12H16BrNO. The molecule has 0 aliphatic carbocycles. The van der Waals surface area contributed by atoms with Gasteiger partial charge in [0.2, 0.25) is 0 Å². The van der Waals surface area contributed by atoms with Crippen molar-refractivity contribution in [2.75, 3.05) is 13.1 Å². The molecule has 2 nitrogen and oxygen atoms in total. The van der Waals surface area contributed by atoms with Crippen LogP contribution in [-0.2, 0) is 13.0 Å². The van der Waals surface area contributed by atoms with Crippen LogP contribution in [0.15, 0.2) is 22.7 Å². The summed E-state index contributed by atoms with van der Waals surface area (Å²) in [6.45, 7) is 2.38. The Kier molecular flexibility index (Phi) is 3.78. The predicted octanol–water partition coefficient (Wildman–Crippen LogP) is 2.09. The van der Waals surface area contributed by atoms with Crippen LogP contribution >= 0.6 is 15.9 Å². The summed E-state index contributed by atoms with van der Waals surface area (Å²) < 4.78 is 1.04. The predicted molar refractivity (Wildman–Crippen MR) is 64.7 cm³/mol. The third-order valence-electron chi connectivity index (χ3n) is 3.01. The van der Waals surface area contributed by atoms with Crippen molar-refractivity contribution in [1.29, 1.82) is 0 Å². The van der Waals surface area contributed by atoms with Gasteiger partial charge in [-0.05, 0) is 55.1 Å². The number of hydrogen-bond donors (Lipinski definition) is 2. The van der Waals surface area contributed by atoms with Crippen LogP contribution in [0.1, 0.15) is 17.5 Å². The van der Waals surface area contributed by atoms with Gasteiger partial charge in [0.05, 0.1) is 6.61 Å². The van der Waals surface area contributed by atoms with E-state index in [-0.39, 0.29) is 6.61 Å². The van der Waals surface area contributed by atoms with Crippen molar-refractivity contribution in [2.45, 2.75) is 19.4 Å². The Morgan fingerprint density at radius 3 is 2.93 bits per heavy atom. The Morgan fingerprint density at radius 2 is 2.27 bits per heavy atom. The Balaban J connectivity index is 2.12. The molecule has 82 valence electrons. The van der Waals surface area contributed by atoms with Gasteiger partial charge in [0.1, 0.15) is 0 Å². The van der Waals surface area contributed by atoms with E-state index in [0.29, 0.717) is 0 Å². The van der Waals surface area contributed by atoms with Crippen molar-refractivity contribution in [3.05, 3.63) is 33.8 Å². The minimum atomic E-state index is 0.134. The lowest BCUT2D eigenvalue weighted by Gasteiger charge is -2.12. The maximum atomic E-state index is 9.28. The zero-order valence-electron chi connectivity index (χ0n) is 8.67. The number of hydrogen-bond acceptors (Lipinski definition) is 2. The van der Waals surface area contributed by atoms with Crippen molar-refractivity contribution in [3.8, 4) is 0 Å². The molecule has 15 heavy (non-hydrogen) atoms. The average molecular weight is 270 g/mol. The van der Waals surface area contributed by atoms with E-state index in [2.05, 4.69) is 33.4 Å². The molecule has 0 amide bonds. The lowest BCUT2D eigenvalue weighted by molar-refractivity contribution is 0.280. The summed E-state index contributed by atoms with van der Waals surface area (Å²) in [5.41, 5.74) is 2.34. The second kappa shape index (κ2) is 5.10. The first-order chi connectivity index (χ1) is 7.29. The monoisotopic (exact) mass is 269 g/mol. The van der Waals surface area contributed by atoms with E-state index in [9.17, 15) is 5.11 Å². The minimum Gasteiger partial charge on any atom is -0.392 e. The Labute approximate surface area is 98.8 Å². The van der Waals surface area contributed by atoms with Gasteiger partial charge in [0, 0.05) is 4.47 Å². The van der Waals surface area contributed by atoms with E-state index in [1.807, 2.05) is 6.07 Å². The molecule has 1 fully saturated rings. The SMILES string of the molecule is OCc1cc(Br)ccc1CC1CCNC1. The van der Waals surface area contributed by atoms with Gasteiger partial charge in [-0.25, -0.2) is 0 Å². The van der Waals surface area contributed by atoms with E-state index in [0.717, 1.165) is 35.5 Å². The maximum Gasteiger partial charge on any atom is 0.0684 e. The normalized spacial score (nSPS) is 20.8. The molecule has 1 aliphatic heterocycles. The zero-order valence-corrected chi connectivity index (χ0v) is 10.3. The fraction of sp³-hybridized carbons (Fsp3) is 0.500. The summed E-state index contributed by atoms with van der Waals surface area (Å²) in [5.74, 6) is 0.733. The van der Waals surface area contributed by atoms with Crippen LogP contribution in [0.5, 0.6) is 0 Å². The summed E-state index contributed by atoms with van der Waals surface area (Å²) in [4.78, 5) is 0. The smallest absolute Gasteiger partial charge is 0.0684 e. The van der Waals surface area contributed by atoms with Crippen LogP contribution in [0.25, 0.3) is 0 Å². The summed E-state index contributed by atoms with van der Waals surface area (Å²) in [6.07, 6.45) is 2.33. The van der Waals surface area contributed by atoms with Crippen molar-refractivity contribution in [3.63, 3.8) is 0 Å². The highest BCUT2D eigenvalue weighted by Gasteiger charge is 2.16. The number of aliphatic hydroxyl groups excluding tert-OH is 1. The van der Waals surface area contributed by atoms with Gasteiger partial charge in [0.15, 0.2) is 0 Å². The maximum absolute atomic E-state index is 9.28. The van der Waals surface area contributed by atoms with Crippen molar-refractivity contribution in [1.82, 2.24) is 5.32 Å². The van der Waals surface area contributed by atoms with Crippen LogP contribution in [0.2, 0.25) is 0 Å². The summed E-state index contributed by atoms with van der Waals surface area (Å²) >= 11 is 3.43. The first kappa shape index (κ1) is 11.1. The molecule has 0 spiro atoms. The number of halogens is 1. The van der Waals surface area contributed by atoms with Crippen LogP contribution in [0, 0.1) is 5.92 Å². The van der Waals surface area contributed by atoms with Gasteiger partial charge in [-0.3, -0.25) is 0 Å². The molecule has 3 heteroatoms. The number of aliphatic hydroxyl groups is 1. The molecule has 1 heterocycles. The third kappa shape index (κ3) is 2.80. The highest BCUT2D eigenvalue weighted by molar-refractivity contribution is 9.10. The third-order valence-corrected chi connectivity index (χ3v) is 3.50.